The van der Waals surface area contributed by atoms with Crippen LogP contribution >= 0.6 is 0 Å². The van der Waals surface area contributed by atoms with Crippen LogP contribution in [0.4, 0.5) is 11.4 Å². The third kappa shape index (κ3) is 2.83. The number of ether oxygens (including phenoxy) is 1. The molecule has 2 aliphatic rings. The van der Waals surface area contributed by atoms with Crippen molar-refractivity contribution in [3.8, 4) is 0 Å². The second kappa shape index (κ2) is 5.93. The quantitative estimate of drug-likeness (QED) is 0.829. The first-order valence-corrected chi connectivity index (χ1v) is 7.60. The van der Waals surface area contributed by atoms with E-state index in [-0.39, 0.29) is 0 Å². The van der Waals surface area contributed by atoms with E-state index in [9.17, 15) is 0 Å². The van der Waals surface area contributed by atoms with Crippen molar-refractivity contribution in [2.75, 3.05) is 58.4 Å². The number of guanidine groups is 1. The van der Waals surface area contributed by atoms with Crippen LogP contribution < -0.4 is 4.90 Å². The number of aryl methyl sites for hydroxylation is 1. The van der Waals surface area contributed by atoms with Crippen molar-refractivity contribution in [3.63, 3.8) is 0 Å². The molecule has 2 saturated heterocycles. The van der Waals surface area contributed by atoms with E-state index < -0.39 is 0 Å². The summed E-state index contributed by atoms with van der Waals surface area (Å²) in [6, 6.07) is 6.43. The summed E-state index contributed by atoms with van der Waals surface area (Å²) in [5, 5.41) is 0. The Kier molecular flexibility index (Phi) is 4.01. The predicted octanol–water partition coefficient (Wildman–Crippen LogP) is 1.70. The van der Waals surface area contributed by atoms with E-state index in [1.165, 1.54) is 11.3 Å². The van der Waals surface area contributed by atoms with Crippen LogP contribution in [0, 0.1) is 6.92 Å². The summed E-state index contributed by atoms with van der Waals surface area (Å²) in [5.41, 5.74) is 3.54. The van der Waals surface area contributed by atoms with Gasteiger partial charge >= 0.3 is 0 Å². The van der Waals surface area contributed by atoms with Crippen LogP contribution in [0.25, 0.3) is 0 Å². The minimum Gasteiger partial charge on any atom is -0.378 e. The minimum absolute atomic E-state index is 0.795. The highest BCUT2D eigenvalue weighted by Gasteiger charge is 2.22. The molecule has 0 bridgehead atoms. The van der Waals surface area contributed by atoms with Crippen LogP contribution in [0.1, 0.15) is 5.56 Å². The number of hydrogen-bond donors (Lipinski definition) is 0. The number of likely N-dealkylation sites (N-methyl/N-ethyl adjacent to an activating group) is 2. The van der Waals surface area contributed by atoms with Gasteiger partial charge in [0.1, 0.15) is 0 Å². The highest BCUT2D eigenvalue weighted by Crippen LogP contribution is 2.33. The van der Waals surface area contributed by atoms with Crippen LogP contribution in [0.2, 0.25) is 0 Å². The average Bonchev–Trinajstić information content (AvgIpc) is 2.82. The molecule has 5 nitrogen and oxygen atoms in total. The summed E-state index contributed by atoms with van der Waals surface area (Å²) in [7, 11) is 4.21. The molecule has 21 heavy (non-hydrogen) atoms. The summed E-state index contributed by atoms with van der Waals surface area (Å²) in [5.74, 6) is 1.05. The Morgan fingerprint density at radius 3 is 2.33 bits per heavy atom. The summed E-state index contributed by atoms with van der Waals surface area (Å²) in [6.45, 7) is 7.67. The first-order valence-electron chi connectivity index (χ1n) is 7.60. The fourth-order valence-electron chi connectivity index (χ4n) is 2.91. The lowest BCUT2D eigenvalue weighted by Crippen LogP contribution is -2.36. The van der Waals surface area contributed by atoms with Gasteiger partial charge in [-0.25, -0.2) is 4.99 Å². The Bertz CT molecular complexity index is 525. The number of para-hydroxylation sites is 1. The third-order valence-corrected chi connectivity index (χ3v) is 4.23. The third-order valence-electron chi connectivity index (χ3n) is 4.23. The number of aliphatic imine (C=N–C) groups is 1. The molecule has 0 radical (unpaired) electrons. The molecule has 0 aromatic heterocycles. The Hall–Kier alpha value is -1.75. The maximum Gasteiger partial charge on any atom is 0.201 e. The highest BCUT2D eigenvalue weighted by molar-refractivity contribution is 5.87. The molecule has 1 aromatic carbocycles. The second-order valence-electron chi connectivity index (χ2n) is 5.80. The number of nitrogens with zero attached hydrogens (tertiary/aromatic N) is 4. The average molecular weight is 288 g/mol. The van der Waals surface area contributed by atoms with Crippen molar-refractivity contribution in [3.05, 3.63) is 23.8 Å². The van der Waals surface area contributed by atoms with Gasteiger partial charge in [0.2, 0.25) is 5.96 Å². The van der Waals surface area contributed by atoms with Crippen molar-refractivity contribution in [1.29, 1.82) is 0 Å². The lowest BCUT2D eigenvalue weighted by Gasteiger charge is -2.30. The molecule has 114 valence electrons. The smallest absolute Gasteiger partial charge is 0.201 e. The normalized spacial score (nSPS) is 19.4. The molecule has 3 rings (SSSR count). The molecule has 0 unspecified atom stereocenters. The van der Waals surface area contributed by atoms with E-state index in [2.05, 4.69) is 53.9 Å². The summed E-state index contributed by atoms with van der Waals surface area (Å²) in [6.07, 6.45) is 0. The van der Waals surface area contributed by atoms with Gasteiger partial charge < -0.3 is 19.4 Å². The van der Waals surface area contributed by atoms with E-state index in [1.54, 1.807) is 0 Å². The van der Waals surface area contributed by atoms with E-state index in [0.29, 0.717) is 0 Å². The number of rotatable bonds is 2. The fourth-order valence-corrected chi connectivity index (χ4v) is 2.91. The zero-order valence-electron chi connectivity index (χ0n) is 13.2. The van der Waals surface area contributed by atoms with Crippen molar-refractivity contribution >= 4 is 17.3 Å². The maximum atomic E-state index is 5.46. The van der Waals surface area contributed by atoms with Gasteiger partial charge in [-0.15, -0.1) is 0 Å². The fraction of sp³-hybridized carbons (Fsp3) is 0.562. The van der Waals surface area contributed by atoms with Crippen LogP contribution in [0.15, 0.2) is 23.2 Å². The molecule has 0 spiro atoms. The van der Waals surface area contributed by atoms with Crippen LogP contribution in [0.5, 0.6) is 0 Å². The van der Waals surface area contributed by atoms with Gasteiger partial charge in [-0.2, -0.15) is 0 Å². The molecule has 0 N–H and O–H groups in total. The molecule has 0 atom stereocenters. The van der Waals surface area contributed by atoms with Crippen molar-refractivity contribution < 1.29 is 4.74 Å². The van der Waals surface area contributed by atoms with Crippen molar-refractivity contribution in [2.45, 2.75) is 6.92 Å². The standard InChI is InChI=1S/C16H24N4O/c1-13-5-4-6-14(20-9-11-21-12-10-20)15(13)17-16-18(2)7-8-19(16)3/h4-6H,7-12H2,1-3H3. The molecule has 2 aliphatic heterocycles. The number of morpholine rings is 1. The monoisotopic (exact) mass is 288 g/mol. The molecular weight excluding hydrogens is 264 g/mol. The van der Waals surface area contributed by atoms with E-state index >= 15 is 0 Å². The van der Waals surface area contributed by atoms with Crippen LogP contribution in [-0.2, 0) is 4.74 Å². The van der Waals surface area contributed by atoms with Crippen LogP contribution in [-0.4, -0.2) is 69.2 Å². The SMILES string of the molecule is Cc1cccc(N2CCOCC2)c1N=C1N(C)CCN1C. The molecule has 0 saturated carbocycles. The maximum absolute atomic E-state index is 5.46. The Labute approximate surface area is 126 Å². The zero-order chi connectivity index (χ0) is 14.8. The molecule has 2 fully saturated rings. The number of benzene rings is 1. The molecule has 0 aliphatic carbocycles. The topological polar surface area (TPSA) is 31.3 Å². The lowest BCUT2D eigenvalue weighted by atomic mass is 10.1. The number of hydrogen-bond acceptors (Lipinski definition) is 3. The van der Waals surface area contributed by atoms with Gasteiger partial charge in [0.15, 0.2) is 0 Å². The van der Waals surface area contributed by atoms with Crippen LogP contribution in [0.3, 0.4) is 0 Å². The van der Waals surface area contributed by atoms with E-state index in [1.807, 2.05) is 0 Å². The van der Waals surface area contributed by atoms with Gasteiger partial charge in [0.25, 0.3) is 0 Å². The van der Waals surface area contributed by atoms with Gasteiger partial charge in [0.05, 0.1) is 24.6 Å². The van der Waals surface area contributed by atoms with E-state index in [0.717, 1.165) is 51.0 Å². The first kappa shape index (κ1) is 14.2. The van der Waals surface area contributed by atoms with Gasteiger partial charge in [-0.1, -0.05) is 12.1 Å². The zero-order valence-corrected chi connectivity index (χ0v) is 13.2. The molecule has 2 heterocycles. The summed E-state index contributed by atoms with van der Waals surface area (Å²) < 4.78 is 5.46. The molecule has 1 aromatic rings. The van der Waals surface area contributed by atoms with Gasteiger partial charge in [-0.3, -0.25) is 0 Å². The lowest BCUT2D eigenvalue weighted by molar-refractivity contribution is 0.123. The summed E-state index contributed by atoms with van der Waals surface area (Å²) in [4.78, 5) is 11.8. The molecule has 5 heteroatoms. The number of anilines is 1. The Morgan fingerprint density at radius 2 is 1.67 bits per heavy atom. The first-order chi connectivity index (χ1) is 10.2. The molecular formula is C16H24N4O. The van der Waals surface area contributed by atoms with Gasteiger partial charge in [0, 0.05) is 40.3 Å². The van der Waals surface area contributed by atoms with Gasteiger partial charge in [-0.05, 0) is 18.6 Å². The molecule has 0 amide bonds. The summed E-state index contributed by atoms with van der Waals surface area (Å²) >= 11 is 0. The Morgan fingerprint density at radius 1 is 1.00 bits per heavy atom. The Balaban J connectivity index is 1.99. The predicted molar refractivity (Wildman–Crippen MR) is 86.6 cm³/mol. The van der Waals surface area contributed by atoms with Crippen molar-refractivity contribution in [1.82, 2.24) is 9.80 Å². The highest BCUT2D eigenvalue weighted by atomic mass is 16.5. The van der Waals surface area contributed by atoms with Crippen molar-refractivity contribution in [2.24, 2.45) is 4.99 Å². The largest absolute Gasteiger partial charge is 0.378 e. The van der Waals surface area contributed by atoms with E-state index in [4.69, 9.17) is 9.73 Å². The minimum atomic E-state index is 0.795. The second-order valence-corrected chi connectivity index (χ2v) is 5.80.